The van der Waals surface area contributed by atoms with Gasteiger partial charge >= 0.3 is 12.1 Å². The van der Waals surface area contributed by atoms with E-state index >= 15 is 0 Å². The maximum atomic E-state index is 13.1. The minimum Gasteiger partial charge on any atom is -0.480 e. The smallest absolute Gasteiger partial charge is 0.407 e. The number of carbonyl (C=O) groups excluding carboxylic acids is 2. The second-order valence-corrected chi connectivity index (χ2v) is 9.63. The topological polar surface area (TPSA) is 114 Å². The Hall–Kier alpha value is -3.39. The maximum Gasteiger partial charge on any atom is 0.407 e. The molecule has 1 heterocycles. The van der Waals surface area contributed by atoms with E-state index in [2.05, 4.69) is 22.8 Å². The Labute approximate surface area is 205 Å². The van der Waals surface area contributed by atoms with Crippen LogP contribution < -0.4 is 10.6 Å². The van der Waals surface area contributed by atoms with Gasteiger partial charge in [0.1, 0.15) is 12.6 Å². The van der Waals surface area contributed by atoms with Gasteiger partial charge in [-0.1, -0.05) is 68.8 Å². The summed E-state index contributed by atoms with van der Waals surface area (Å²) in [4.78, 5) is 37.5. The summed E-state index contributed by atoms with van der Waals surface area (Å²) in [5.41, 5.74) is 3.38. The lowest BCUT2D eigenvalue weighted by atomic mass is 9.83. The monoisotopic (exact) mass is 480 g/mol. The number of carbonyl (C=O) groups is 3. The number of ether oxygens (including phenoxy) is 2. The van der Waals surface area contributed by atoms with Crippen LogP contribution in [0, 0.1) is 11.3 Å². The lowest BCUT2D eigenvalue weighted by Gasteiger charge is -2.31. The highest BCUT2D eigenvalue weighted by Gasteiger charge is 2.48. The lowest BCUT2D eigenvalue weighted by molar-refractivity contribution is -0.145. The zero-order valence-corrected chi connectivity index (χ0v) is 20.2. The normalized spacial score (nSPS) is 22.5. The zero-order chi connectivity index (χ0) is 25.2. The molecular weight excluding hydrogens is 448 g/mol. The molecule has 0 saturated carbocycles. The molecule has 0 radical (unpaired) electrons. The Kier molecular flexibility index (Phi) is 7.12. The molecule has 2 aliphatic rings. The van der Waals surface area contributed by atoms with Crippen molar-refractivity contribution >= 4 is 18.0 Å². The van der Waals surface area contributed by atoms with E-state index in [1.807, 2.05) is 43.3 Å². The standard InChI is InChI=1S/C27H32N2O6/c1-4-16(2)23(24(30)31)29-25(32)27(3)15-34-14-22(27)28-26(33)35-13-21-19-11-7-5-9-17(19)18-10-6-8-12-20(18)21/h5-12,16,21-23H,4,13-15H2,1-3H3,(H,28,33)(H,29,32)(H,30,31). The van der Waals surface area contributed by atoms with Crippen molar-refractivity contribution in [3.05, 3.63) is 59.7 Å². The van der Waals surface area contributed by atoms with Gasteiger partial charge < -0.3 is 25.2 Å². The van der Waals surface area contributed by atoms with Crippen LogP contribution in [0.25, 0.3) is 11.1 Å². The largest absolute Gasteiger partial charge is 0.480 e. The summed E-state index contributed by atoms with van der Waals surface area (Å²) in [7, 11) is 0. The van der Waals surface area contributed by atoms with Crippen molar-refractivity contribution in [2.24, 2.45) is 11.3 Å². The van der Waals surface area contributed by atoms with Crippen molar-refractivity contribution in [1.82, 2.24) is 10.6 Å². The second-order valence-electron chi connectivity index (χ2n) is 9.63. The quantitative estimate of drug-likeness (QED) is 0.533. The van der Waals surface area contributed by atoms with Gasteiger partial charge in [0.2, 0.25) is 5.91 Å². The average molecular weight is 481 g/mol. The fourth-order valence-corrected chi connectivity index (χ4v) is 4.87. The fraction of sp³-hybridized carbons (Fsp3) is 0.444. The van der Waals surface area contributed by atoms with Crippen molar-refractivity contribution in [1.29, 1.82) is 0 Å². The van der Waals surface area contributed by atoms with Crippen LogP contribution >= 0.6 is 0 Å². The number of fused-ring (bicyclic) bond motifs is 3. The molecule has 4 rings (SSSR count). The van der Waals surface area contributed by atoms with E-state index in [-0.39, 0.29) is 31.7 Å². The van der Waals surface area contributed by atoms with Gasteiger partial charge in [-0.15, -0.1) is 0 Å². The summed E-state index contributed by atoms with van der Waals surface area (Å²) in [5, 5.41) is 15.0. The first-order valence-electron chi connectivity index (χ1n) is 12.0. The van der Waals surface area contributed by atoms with Crippen LogP contribution in [0.1, 0.15) is 44.2 Å². The van der Waals surface area contributed by atoms with Gasteiger partial charge in [-0.2, -0.15) is 0 Å². The van der Waals surface area contributed by atoms with Crippen LogP contribution in [0.2, 0.25) is 0 Å². The van der Waals surface area contributed by atoms with Crippen LogP contribution in [-0.4, -0.2) is 55.0 Å². The molecule has 2 amide bonds. The molecule has 2 aromatic rings. The van der Waals surface area contributed by atoms with Gasteiger partial charge in [-0.25, -0.2) is 9.59 Å². The SMILES string of the molecule is CCC(C)C(NC(=O)C1(C)COCC1NC(=O)OCC1c2ccccc2-c2ccccc21)C(=O)O. The summed E-state index contributed by atoms with van der Waals surface area (Å²) in [6.45, 7) is 5.67. The molecular formula is C27H32N2O6. The van der Waals surface area contributed by atoms with Gasteiger partial charge in [0.15, 0.2) is 0 Å². The molecule has 1 aliphatic carbocycles. The van der Waals surface area contributed by atoms with Crippen molar-refractivity contribution in [3.63, 3.8) is 0 Å². The van der Waals surface area contributed by atoms with Crippen LogP contribution in [0.4, 0.5) is 4.79 Å². The molecule has 0 bridgehead atoms. The molecule has 1 saturated heterocycles. The summed E-state index contributed by atoms with van der Waals surface area (Å²) in [6, 6.07) is 14.5. The summed E-state index contributed by atoms with van der Waals surface area (Å²) in [5.74, 6) is -1.87. The number of hydrogen-bond donors (Lipinski definition) is 3. The Balaban J connectivity index is 1.41. The second kappa shape index (κ2) is 10.1. The molecule has 4 atom stereocenters. The first kappa shape index (κ1) is 24.7. The number of hydrogen-bond acceptors (Lipinski definition) is 5. The Bertz CT molecular complexity index is 1070. The predicted molar refractivity (Wildman–Crippen MR) is 130 cm³/mol. The molecule has 186 valence electrons. The van der Waals surface area contributed by atoms with Gasteiger partial charge in [0, 0.05) is 5.92 Å². The van der Waals surface area contributed by atoms with Crippen LogP contribution in [-0.2, 0) is 19.1 Å². The lowest BCUT2D eigenvalue weighted by Crippen LogP contribution is -2.57. The number of benzene rings is 2. The highest BCUT2D eigenvalue weighted by molar-refractivity contribution is 5.89. The van der Waals surface area contributed by atoms with E-state index in [4.69, 9.17) is 9.47 Å². The summed E-state index contributed by atoms with van der Waals surface area (Å²) >= 11 is 0. The van der Waals surface area contributed by atoms with E-state index < -0.39 is 35.5 Å². The molecule has 35 heavy (non-hydrogen) atoms. The summed E-state index contributed by atoms with van der Waals surface area (Å²) in [6.07, 6.45) is -0.0376. The van der Waals surface area contributed by atoms with Crippen molar-refractivity contribution in [2.75, 3.05) is 19.8 Å². The van der Waals surface area contributed by atoms with Crippen LogP contribution in [0.3, 0.4) is 0 Å². The number of carboxylic acids is 1. The minimum absolute atomic E-state index is 0.0694. The number of amides is 2. The number of nitrogens with one attached hydrogen (secondary N) is 2. The Morgan fingerprint density at radius 2 is 1.71 bits per heavy atom. The third-order valence-electron chi connectivity index (χ3n) is 7.38. The average Bonchev–Trinajstić information content (AvgIpc) is 3.38. The van der Waals surface area contributed by atoms with E-state index in [0.29, 0.717) is 6.42 Å². The van der Waals surface area contributed by atoms with Crippen LogP contribution in [0.5, 0.6) is 0 Å². The number of carboxylic acid groups (broad SMARTS) is 1. The first-order chi connectivity index (χ1) is 16.8. The molecule has 0 spiro atoms. The van der Waals surface area contributed by atoms with E-state index in [1.165, 1.54) is 0 Å². The van der Waals surface area contributed by atoms with E-state index in [9.17, 15) is 19.5 Å². The molecule has 2 aromatic carbocycles. The molecule has 8 nitrogen and oxygen atoms in total. The van der Waals surface area contributed by atoms with E-state index in [0.717, 1.165) is 22.3 Å². The molecule has 8 heteroatoms. The van der Waals surface area contributed by atoms with Crippen molar-refractivity contribution in [2.45, 2.75) is 45.2 Å². The van der Waals surface area contributed by atoms with Gasteiger partial charge in [-0.3, -0.25) is 4.79 Å². The van der Waals surface area contributed by atoms with Gasteiger partial charge in [0.25, 0.3) is 0 Å². The predicted octanol–water partition coefficient (Wildman–Crippen LogP) is 3.55. The van der Waals surface area contributed by atoms with E-state index in [1.54, 1.807) is 13.8 Å². The number of alkyl carbamates (subject to hydrolysis) is 1. The van der Waals surface area contributed by atoms with Gasteiger partial charge in [0.05, 0.1) is 24.7 Å². The number of rotatable bonds is 8. The van der Waals surface area contributed by atoms with Crippen LogP contribution in [0.15, 0.2) is 48.5 Å². The summed E-state index contributed by atoms with van der Waals surface area (Å²) < 4.78 is 11.1. The molecule has 3 N–H and O–H groups in total. The molecule has 1 fully saturated rings. The minimum atomic E-state index is -1.12. The highest BCUT2D eigenvalue weighted by atomic mass is 16.5. The third kappa shape index (κ3) is 4.75. The highest BCUT2D eigenvalue weighted by Crippen LogP contribution is 2.44. The third-order valence-corrected chi connectivity index (χ3v) is 7.38. The Morgan fingerprint density at radius 1 is 1.11 bits per heavy atom. The fourth-order valence-electron chi connectivity index (χ4n) is 4.87. The zero-order valence-electron chi connectivity index (χ0n) is 20.2. The molecule has 4 unspecified atom stereocenters. The van der Waals surface area contributed by atoms with Crippen molar-refractivity contribution < 1.29 is 29.0 Å². The Morgan fingerprint density at radius 3 is 2.29 bits per heavy atom. The number of aliphatic carboxylic acids is 1. The van der Waals surface area contributed by atoms with Gasteiger partial charge in [-0.05, 0) is 35.1 Å². The molecule has 1 aliphatic heterocycles. The maximum absolute atomic E-state index is 13.1. The molecule has 0 aromatic heterocycles. The first-order valence-corrected chi connectivity index (χ1v) is 12.0. The van der Waals surface area contributed by atoms with Crippen molar-refractivity contribution in [3.8, 4) is 11.1 Å².